The van der Waals surface area contributed by atoms with Gasteiger partial charge in [-0.05, 0) is 49.2 Å². The maximum Gasteiger partial charge on any atom is 0.251 e. The van der Waals surface area contributed by atoms with Crippen LogP contribution in [0.2, 0.25) is 5.02 Å². The third kappa shape index (κ3) is 3.73. The molecule has 1 N–H and O–H groups in total. The first kappa shape index (κ1) is 18.4. The minimum atomic E-state index is -0.362. The number of likely N-dealkylation sites (N-methyl/N-ethyl adjacent to an activating group) is 1. The molecule has 1 fully saturated rings. The number of benzene rings is 2. The smallest absolute Gasteiger partial charge is 0.251 e. The van der Waals surface area contributed by atoms with Crippen molar-refractivity contribution in [3.8, 4) is 11.1 Å². The molecule has 0 saturated carbocycles. The van der Waals surface area contributed by atoms with Crippen LogP contribution in [0.15, 0.2) is 36.4 Å². The molecule has 6 heteroatoms. The summed E-state index contributed by atoms with van der Waals surface area (Å²) in [6.07, 6.45) is 0.322. The standard InChI is InChI=1S/C20H20ClFN2O2/c1-3-24-11-15(9-19(24)25)23-20(26)14-6-4-5-13(8-14)16-7-12(2)18(22)10-17(16)21/h4-8,10,15H,3,9,11H2,1-2H3,(H,23,26). The Kier molecular flexibility index (Phi) is 5.28. The van der Waals surface area contributed by atoms with Crippen LogP contribution in [0.5, 0.6) is 0 Å². The lowest BCUT2D eigenvalue weighted by atomic mass is 10.0. The first-order valence-electron chi connectivity index (χ1n) is 8.53. The van der Waals surface area contributed by atoms with E-state index in [0.717, 1.165) is 5.56 Å². The van der Waals surface area contributed by atoms with Gasteiger partial charge in [-0.25, -0.2) is 4.39 Å². The molecule has 0 aromatic heterocycles. The third-order valence-electron chi connectivity index (χ3n) is 4.62. The SMILES string of the molecule is CCN1CC(NC(=O)c2cccc(-c3cc(C)c(F)cc3Cl)c2)CC1=O. The van der Waals surface area contributed by atoms with Gasteiger partial charge in [-0.2, -0.15) is 0 Å². The number of amides is 2. The zero-order valence-electron chi connectivity index (χ0n) is 14.7. The van der Waals surface area contributed by atoms with E-state index >= 15 is 0 Å². The Labute approximate surface area is 157 Å². The Balaban J connectivity index is 1.80. The molecule has 0 bridgehead atoms. The van der Waals surface area contributed by atoms with Crippen molar-refractivity contribution in [1.82, 2.24) is 10.2 Å². The minimum Gasteiger partial charge on any atom is -0.347 e. The molecule has 0 radical (unpaired) electrons. The highest BCUT2D eigenvalue weighted by Crippen LogP contribution is 2.30. The van der Waals surface area contributed by atoms with Gasteiger partial charge in [0.05, 0.1) is 11.1 Å². The summed E-state index contributed by atoms with van der Waals surface area (Å²) in [5, 5.41) is 3.21. The predicted octanol–water partition coefficient (Wildman–Crippen LogP) is 3.81. The molecule has 0 aliphatic carbocycles. The second-order valence-electron chi connectivity index (χ2n) is 6.47. The number of hydrogen-bond donors (Lipinski definition) is 1. The molecule has 136 valence electrons. The van der Waals surface area contributed by atoms with Crippen molar-refractivity contribution < 1.29 is 14.0 Å². The quantitative estimate of drug-likeness (QED) is 0.884. The van der Waals surface area contributed by atoms with E-state index in [1.54, 1.807) is 36.1 Å². The molecule has 26 heavy (non-hydrogen) atoms. The fraction of sp³-hybridized carbons (Fsp3) is 0.300. The summed E-state index contributed by atoms with van der Waals surface area (Å²) in [6.45, 7) is 4.76. The minimum absolute atomic E-state index is 0.0557. The van der Waals surface area contributed by atoms with Crippen LogP contribution < -0.4 is 5.32 Å². The lowest BCUT2D eigenvalue weighted by Crippen LogP contribution is -2.37. The molecule has 1 heterocycles. The van der Waals surface area contributed by atoms with Gasteiger partial charge in [0.15, 0.2) is 0 Å². The monoisotopic (exact) mass is 374 g/mol. The Bertz CT molecular complexity index is 869. The normalized spacial score (nSPS) is 16.8. The molecular formula is C20H20ClFN2O2. The van der Waals surface area contributed by atoms with Crippen LogP contribution in [-0.2, 0) is 4.79 Å². The first-order valence-corrected chi connectivity index (χ1v) is 8.91. The zero-order chi connectivity index (χ0) is 18.8. The van der Waals surface area contributed by atoms with Crippen molar-refractivity contribution >= 4 is 23.4 Å². The lowest BCUT2D eigenvalue weighted by Gasteiger charge is -2.15. The second kappa shape index (κ2) is 7.46. The third-order valence-corrected chi connectivity index (χ3v) is 4.93. The number of likely N-dealkylation sites (tertiary alicyclic amines) is 1. The van der Waals surface area contributed by atoms with Gasteiger partial charge >= 0.3 is 0 Å². The number of carbonyl (C=O) groups excluding carboxylic acids is 2. The molecule has 3 rings (SSSR count). The van der Waals surface area contributed by atoms with Gasteiger partial charge in [-0.15, -0.1) is 0 Å². The van der Waals surface area contributed by atoms with Gasteiger partial charge in [0.2, 0.25) is 5.91 Å². The average Bonchev–Trinajstić information content (AvgIpc) is 2.97. The van der Waals surface area contributed by atoms with Crippen LogP contribution in [0.3, 0.4) is 0 Å². The summed E-state index contributed by atoms with van der Waals surface area (Å²) in [6, 6.07) is 9.78. The lowest BCUT2D eigenvalue weighted by molar-refractivity contribution is -0.127. The molecular weight excluding hydrogens is 355 g/mol. The maximum absolute atomic E-state index is 13.6. The van der Waals surface area contributed by atoms with E-state index in [1.807, 2.05) is 13.0 Å². The topological polar surface area (TPSA) is 49.4 Å². The molecule has 1 unspecified atom stereocenters. The summed E-state index contributed by atoms with van der Waals surface area (Å²) in [4.78, 5) is 26.1. The van der Waals surface area contributed by atoms with E-state index in [0.29, 0.717) is 41.2 Å². The summed E-state index contributed by atoms with van der Waals surface area (Å²) in [5.41, 5.74) is 2.38. The Morgan fingerprint density at radius 2 is 2.12 bits per heavy atom. The Morgan fingerprint density at radius 1 is 1.35 bits per heavy atom. The van der Waals surface area contributed by atoms with Gasteiger partial charge in [0, 0.05) is 30.6 Å². The molecule has 2 aromatic carbocycles. The number of aryl methyl sites for hydroxylation is 1. The number of carbonyl (C=O) groups is 2. The number of nitrogens with zero attached hydrogens (tertiary/aromatic N) is 1. The fourth-order valence-corrected chi connectivity index (χ4v) is 3.41. The summed E-state index contributed by atoms with van der Waals surface area (Å²) in [7, 11) is 0. The van der Waals surface area contributed by atoms with Crippen LogP contribution in [0.4, 0.5) is 4.39 Å². The van der Waals surface area contributed by atoms with Gasteiger partial charge in [-0.3, -0.25) is 9.59 Å². The summed E-state index contributed by atoms with van der Waals surface area (Å²) in [5.74, 6) is -0.545. The fourth-order valence-electron chi connectivity index (χ4n) is 3.15. The van der Waals surface area contributed by atoms with E-state index in [9.17, 15) is 14.0 Å². The Hall–Kier alpha value is -2.40. The van der Waals surface area contributed by atoms with Crippen molar-refractivity contribution in [2.45, 2.75) is 26.3 Å². The molecule has 1 saturated heterocycles. The molecule has 1 aliphatic heterocycles. The van der Waals surface area contributed by atoms with Crippen LogP contribution in [0.1, 0.15) is 29.3 Å². The highest BCUT2D eigenvalue weighted by molar-refractivity contribution is 6.33. The van der Waals surface area contributed by atoms with Gasteiger partial charge in [0.1, 0.15) is 5.82 Å². The second-order valence-corrected chi connectivity index (χ2v) is 6.88. The first-order chi connectivity index (χ1) is 12.4. The maximum atomic E-state index is 13.6. The van der Waals surface area contributed by atoms with Crippen LogP contribution >= 0.6 is 11.6 Å². The van der Waals surface area contributed by atoms with Crippen LogP contribution in [0.25, 0.3) is 11.1 Å². The van der Waals surface area contributed by atoms with E-state index in [4.69, 9.17) is 11.6 Å². The number of rotatable bonds is 4. The van der Waals surface area contributed by atoms with Crippen molar-refractivity contribution in [1.29, 1.82) is 0 Å². The molecule has 0 spiro atoms. The number of halogens is 2. The number of nitrogens with one attached hydrogen (secondary N) is 1. The van der Waals surface area contributed by atoms with Crippen LogP contribution in [-0.4, -0.2) is 35.8 Å². The van der Waals surface area contributed by atoms with E-state index in [-0.39, 0.29) is 23.7 Å². The number of hydrogen-bond acceptors (Lipinski definition) is 2. The van der Waals surface area contributed by atoms with Gasteiger partial charge in [0.25, 0.3) is 5.91 Å². The van der Waals surface area contributed by atoms with Crippen molar-refractivity contribution in [3.63, 3.8) is 0 Å². The summed E-state index contributed by atoms with van der Waals surface area (Å²) >= 11 is 6.17. The highest BCUT2D eigenvalue weighted by Gasteiger charge is 2.29. The molecule has 2 amide bonds. The largest absolute Gasteiger partial charge is 0.347 e. The van der Waals surface area contributed by atoms with Gasteiger partial charge in [-0.1, -0.05) is 23.7 Å². The Morgan fingerprint density at radius 3 is 2.81 bits per heavy atom. The van der Waals surface area contributed by atoms with Crippen LogP contribution in [0, 0.1) is 12.7 Å². The van der Waals surface area contributed by atoms with Crippen molar-refractivity contribution in [2.75, 3.05) is 13.1 Å². The van der Waals surface area contributed by atoms with E-state index in [2.05, 4.69) is 5.32 Å². The average molecular weight is 375 g/mol. The summed E-state index contributed by atoms with van der Waals surface area (Å²) < 4.78 is 13.6. The van der Waals surface area contributed by atoms with E-state index < -0.39 is 0 Å². The highest BCUT2D eigenvalue weighted by atomic mass is 35.5. The molecule has 1 aliphatic rings. The van der Waals surface area contributed by atoms with Gasteiger partial charge < -0.3 is 10.2 Å². The molecule has 1 atom stereocenters. The van der Waals surface area contributed by atoms with Crippen molar-refractivity contribution in [2.24, 2.45) is 0 Å². The molecule has 4 nitrogen and oxygen atoms in total. The zero-order valence-corrected chi connectivity index (χ0v) is 15.4. The predicted molar refractivity (Wildman–Crippen MR) is 99.7 cm³/mol. The molecule has 2 aromatic rings. The van der Waals surface area contributed by atoms with E-state index in [1.165, 1.54) is 6.07 Å². The van der Waals surface area contributed by atoms with Crippen molar-refractivity contribution in [3.05, 3.63) is 58.4 Å².